The number of phenolic OH excluding ortho intramolecular Hbond substituents is 1. The molecular weight excluding hydrogens is 642 g/mol. The Labute approximate surface area is 281 Å². The molecule has 4 aromatic carbocycles. The van der Waals surface area contributed by atoms with Crippen molar-refractivity contribution in [1.82, 2.24) is 0 Å². The van der Waals surface area contributed by atoms with E-state index in [0.29, 0.717) is 33.9 Å². The highest BCUT2D eigenvalue weighted by molar-refractivity contribution is 8.24. The number of thiocarbonyl (C=S) groups is 1. The molecule has 0 saturated carbocycles. The topological polar surface area (TPSA) is 131 Å². The number of aliphatic hydroxyl groups is 4. The molecule has 7 atom stereocenters. The minimum absolute atomic E-state index is 0.0725. The minimum Gasteiger partial charge on any atom is -0.508 e. The van der Waals surface area contributed by atoms with Gasteiger partial charge in [0.25, 0.3) is 0 Å². The molecule has 2 saturated heterocycles. The number of benzene rings is 4. The Morgan fingerprint density at radius 3 is 2.26 bits per heavy atom. The third kappa shape index (κ3) is 6.84. The van der Waals surface area contributed by atoms with Gasteiger partial charge in [0, 0.05) is 16.5 Å². The van der Waals surface area contributed by atoms with Gasteiger partial charge in [-0.2, -0.15) is 0 Å². The third-order valence-corrected chi connectivity index (χ3v) is 10.4. The van der Waals surface area contributed by atoms with Gasteiger partial charge in [-0.1, -0.05) is 90.7 Å². The molecule has 0 amide bonds. The fourth-order valence-electron chi connectivity index (χ4n) is 6.20. The van der Waals surface area contributed by atoms with Crippen molar-refractivity contribution in [2.75, 3.05) is 11.5 Å². The summed E-state index contributed by atoms with van der Waals surface area (Å²) >= 11 is 7.36. The first-order valence-corrected chi connectivity index (χ1v) is 16.5. The van der Waals surface area contributed by atoms with E-state index < -0.39 is 42.9 Å². The summed E-state index contributed by atoms with van der Waals surface area (Å²) in [7, 11) is 0. The number of hydrogen-bond acceptors (Lipinski definition) is 9. The number of Topliss-reactive ketones (excluding diaryl/α,β-unsaturated/α-hetero) is 1. The van der Waals surface area contributed by atoms with Crippen LogP contribution in [0.5, 0.6) is 5.75 Å². The second-order valence-corrected chi connectivity index (χ2v) is 13.6. The average Bonchev–Trinajstić information content (AvgIpc) is 3.42. The van der Waals surface area contributed by atoms with E-state index in [1.54, 1.807) is 42.5 Å². The van der Waals surface area contributed by atoms with Gasteiger partial charge < -0.3 is 35.2 Å². The zero-order valence-electron chi connectivity index (χ0n) is 25.1. The van der Waals surface area contributed by atoms with Gasteiger partial charge in [0.1, 0.15) is 40.3 Å². The summed E-state index contributed by atoms with van der Waals surface area (Å²) in [5.41, 5.74) is 4.19. The van der Waals surface area contributed by atoms with Crippen molar-refractivity contribution in [3.05, 3.63) is 120 Å². The van der Waals surface area contributed by atoms with E-state index in [2.05, 4.69) is 0 Å². The number of ketones is 1. The first-order valence-electron chi connectivity index (χ1n) is 15.2. The number of thioether (sulfide) groups is 1. The number of hydrogen-bond donors (Lipinski definition) is 5. The van der Waals surface area contributed by atoms with Gasteiger partial charge in [-0.05, 0) is 65.4 Å². The predicted molar refractivity (Wildman–Crippen MR) is 181 cm³/mol. The number of carbonyl (C=O) groups excluding carboxylic acids is 1. The number of ether oxygens (including phenoxy) is 1. The number of aliphatic hydroxyl groups excluding tert-OH is 4. The number of phenols is 1. The summed E-state index contributed by atoms with van der Waals surface area (Å²) in [6.45, 7) is -0.568. The molecule has 4 aromatic rings. The van der Waals surface area contributed by atoms with Crippen molar-refractivity contribution < 1.29 is 39.5 Å². The van der Waals surface area contributed by atoms with Crippen LogP contribution in [0.1, 0.15) is 47.8 Å². The van der Waals surface area contributed by atoms with Crippen molar-refractivity contribution in [1.29, 1.82) is 0 Å². The summed E-state index contributed by atoms with van der Waals surface area (Å²) in [4.78, 5) is 14.3. The van der Waals surface area contributed by atoms with Crippen molar-refractivity contribution in [3.63, 3.8) is 0 Å². The van der Waals surface area contributed by atoms with Crippen LogP contribution in [-0.2, 0) is 9.53 Å². The first-order chi connectivity index (χ1) is 22.7. The van der Waals surface area contributed by atoms with Gasteiger partial charge >= 0.3 is 0 Å². The van der Waals surface area contributed by atoms with E-state index in [0.717, 1.165) is 16.8 Å². The predicted octanol–water partition coefficient (Wildman–Crippen LogP) is 5.38. The Bertz CT molecular complexity index is 1720. The number of rotatable bonds is 9. The maximum absolute atomic E-state index is 13.4. The quantitative estimate of drug-likeness (QED) is 0.147. The number of carbonyl (C=O) groups is 1. The fraction of sp³-hybridized carbons (Fsp3) is 0.278. The van der Waals surface area contributed by atoms with Crippen molar-refractivity contribution >= 4 is 39.8 Å². The van der Waals surface area contributed by atoms with Gasteiger partial charge in [-0.15, -0.1) is 0 Å². The molecule has 2 aliphatic heterocycles. The third-order valence-electron chi connectivity index (χ3n) is 8.74. The van der Waals surface area contributed by atoms with Crippen molar-refractivity contribution in [3.8, 4) is 16.9 Å². The van der Waals surface area contributed by atoms with Gasteiger partial charge in [0.15, 0.2) is 5.78 Å². The van der Waals surface area contributed by atoms with E-state index in [1.165, 1.54) is 23.9 Å². The molecule has 11 heteroatoms. The molecule has 2 aliphatic rings. The summed E-state index contributed by atoms with van der Waals surface area (Å²) in [5, 5.41) is 52.1. The number of halogens is 1. The highest BCUT2D eigenvalue weighted by Crippen LogP contribution is 2.49. The van der Waals surface area contributed by atoms with E-state index in [9.17, 15) is 34.7 Å². The lowest BCUT2D eigenvalue weighted by Gasteiger charge is -2.35. The molecule has 2 fully saturated rings. The number of nitrogens with zero attached hydrogens (tertiary/aromatic N) is 1. The molecule has 0 unspecified atom stereocenters. The van der Waals surface area contributed by atoms with Gasteiger partial charge in [-0.3, -0.25) is 4.79 Å². The van der Waals surface area contributed by atoms with Crippen LogP contribution in [0, 0.1) is 5.82 Å². The van der Waals surface area contributed by atoms with Crippen LogP contribution < -0.4 is 4.90 Å². The van der Waals surface area contributed by atoms with E-state index in [4.69, 9.17) is 17.0 Å². The SMILES string of the molecule is O=C1[C@@H](O)[C@H](c2ccc(-c3ccc([C@@H]4[C@H](CC[C@H](O)c5ccc(F)cc5)SC(=S)N4c4ccccc4)c(O)c3)cc2)O[C@H](CO)[C@H]1O. The molecule has 0 aliphatic carbocycles. The lowest BCUT2D eigenvalue weighted by molar-refractivity contribution is -0.189. The van der Waals surface area contributed by atoms with E-state index in [-0.39, 0.29) is 22.9 Å². The smallest absolute Gasteiger partial charge is 0.195 e. The average molecular weight is 676 g/mol. The normalized spacial score (nSPS) is 25.3. The van der Waals surface area contributed by atoms with Gasteiger partial charge in [0.2, 0.25) is 0 Å². The lowest BCUT2D eigenvalue weighted by Crippen LogP contribution is -2.52. The van der Waals surface area contributed by atoms with Crippen LogP contribution in [0.2, 0.25) is 0 Å². The Morgan fingerprint density at radius 1 is 0.915 bits per heavy atom. The molecule has 5 N–H and O–H groups in total. The molecule has 0 radical (unpaired) electrons. The molecule has 6 rings (SSSR count). The zero-order chi connectivity index (χ0) is 33.2. The van der Waals surface area contributed by atoms with Crippen LogP contribution in [0.4, 0.5) is 10.1 Å². The molecule has 2 heterocycles. The Kier molecular flexibility index (Phi) is 10.0. The molecule has 47 heavy (non-hydrogen) atoms. The first kappa shape index (κ1) is 33.2. The molecular formula is C36H34FNO7S2. The van der Waals surface area contributed by atoms with E-state index in [1.807, 2.05) is 47.4 Å². The Balaban J connectivity index is 1.25. The van der Waals surface area contributed by atoms with Crippen LogP contribution in [0.3, 0.4) is 0 Å². The highest BCUT2D eigenvalue weighted by Gasteiger charge is 2.44. The van der Waals surface area contributed by atoms with Crippen molar-refractivity contribution in [2.45, 2.75) is 54.7 Å². The zero-order valence-corrected chi connectivity index (χ0v) is 26.7. The van der Waals surface area contributed by atoms with Crippen molar-refractivity contribution in [2.24, 2.45) is 0 Å². The minimum atomic E-state index is -1.60. The lowest BCUT2D eigenvalue weighted by atomic mass is 9.91. The maximum Gasteiger partial charge on any atom is 0.195 e. The summed E-state index contributed by atoms with van der Waals surface area (Å²) < 4.78 is 19.7. The molecule has 0 bridgehead atoms. The standard InChI is InChI=1S/C36H34FNO7S2/c37-24-13-10-21(11-14-24)27(40)16-17-30-31(38(36(46)47-30)25-4-2-1-3-5-25)26-15-12-23(18-28(26)41)20-6-8-22(9-7-20)35-34(44)33(43)32(42)29(19-39)45-35/h1-15,18,27,29-32,34-35,39-42,44H,16-17,19H2/t27-,29+,30-,31+,32+,34+,35-/m0/s1. The van der Waals surface area contributed by atoms with Crippen LogP contribution >= 0.6 is 24.0 Å². The van der Waals surface area contributed by atoms with Gasteiger partial charge in [0.05, 0.1) is 18.8 Å². The Morgan fingerprint density at radius 2 is 1.60 bits per heavy atom. The number of aromatic hydroxyl groups is 1. The molecule has 0 spiro atoms. The van der Waals surface area contributed by atoms with Crippen LogP contribution in [0.15, 0.2) is 97.1 Å². The second-order valence-electron chi connectivity index (χ2n) is 11.7. The molecule has 8 nitrogen and oxygen atoms in total. The van der Waals surface area contributed by atoms with E-state index >= 15 is 0 Å². The van der Waals surface area contributed by atoms with Gasteiger partial charge in [-0.25, -0.2) is 4.39 Å². The Hall–Kier alpha value is -3.68. The number of para-hydroxylation sites is 1. The fourth-order valence-corrected chi connectivity index (χ4v) is 8.03. The second kappa shape index (κ2) is 14.2. The number of anilines is 1. The van der Waals surface area contributed by atoms with Crippen LogP contribution in [-0.4, -0.2) is 65.8 Å². The largest absolute Gasteiger partial charge is 0.508 e. The summed E-state index contributed by atoms with van der Waals surface area (Å²) in [5.74, 6) is -1.10. The molecule has 0 aromatic heterocycles. The summed E-state index contributed by atoms with van der Waals surface area (Å²) in [6, 6.07) is 27.6. The highest BCUT2D eigenvalue weighted by atomic mass is 32.2. The summed E-state index contributed by atoms with van der Waals surface area (Å²) in [6.07, 6.45) is -5.14. The van der Waals surface area contributed by atoms with Crippen LogP contribution in [0.25, 0.3) is 11.1 Å². The monoisotopic (exact) mass is 675 g/mol. The molecule has 244 valence electrons. The maximum atomic E-state index is 13.4.